The second-order valence-electron chi connectivity index (χ2n) is 7.41. The van der Waals surface area contributed by atoms with Crippen LogP contribution in [-0.4, -0.2) is 25.3 Å². The summed E-state index contributed by atoms with van der Waals surface area (Å²) in [5, 5.41) is 0. The second-order valence-corrected chi connectivity index (χ2v) is 7.41. The SMILES string of the molecule is CCCCCCCCC(=O)c1cccc(CCCOC2CCCCO2)c1. The molecule has 146 valence electrons. The third kappa shape index (κ3) is 8.46. The summed E-state index contributed by atoms with van der Waals surface area (Å²) in [6, 6.07) is 8.14. The Morgan fingerprint density at radius 1 is 1.12 bits per heavy atom. The van der Waals surface area contributed by atoms with Gasteiger partial charge in [-0.2, -0.15) is 0 Å². The van der Waals surface area contributed by atoms with E-state index in [1.807, 2.05) is 12.1 Å². The molecule has 1 fully saturated rings. The zero-order chi connectivity index (χ0) is 18.5. The Bertz CT molecular complexity index is 506. The Kier molecular flexibility index (Phi) is 10.6. The van der Waals surface area contributed by atoms with Crippen LogP contribution in [0.15, 0.2) is 24.3 Å². The van der Waals surface area contributed by atoms with Crippen molar-refractivity contribution in [3.8, 4) is 0 Å². The van der Waals surface area contributed by atoms with Crippen LogP contribution in [0.1, 0.15) is 93.5 Å². The topological polar surface area (TPSA) is 35.5 Å². The number of unbranched alkanes of at least 4 members (excludes halogenated alkanes) is 5. The van der Waals surface area contributed by atoms with E-state index in [0.29, 0.717) is 6.42 Å². The van der Waals surface area contributed by atoms with E-state index < -0.39 is 0 Å². The standard InChI is InChI=1S/C23H36O3/c1-2-3-4-5-6-7-15-22(24)21-14-10-12-20(19-21)13-11-18-26-23-16-8-9-17-25-23/h10,12,14,19,23H,2-9,11,13,15-18H2,1H3. The van der Waals surface area contributed by atoms with Gasteiger partial charge in [-0.05, 0) is 50.2 Å². The molecule has 1 aliphatic heterocycles. The molecule has 0 aromatic heterocycles. The summed E-state index contributed by atoms with van der Waals surface area (Å²) in [4.78, 5) is 12.4. The highest BCUT2D eigenvalue weighted by Gasteiger charge is 2.13. The fourth-order valence-corrected chi connectivity index (χ4v) is 3.44. The van der Waals surface area contributed by atoms with Crippen molar-refractivity contribution in [1.29, 1.82) is 0 Å². The number of benzene rings is 1. The van der Waals surface area contributed by atoms with Crippen LogP contribution in [-0.2, 0) is 15.9 Å². The number of carbonyl (C=O) groups is 1. The predicted octanol–water partition coefficient (Wildman–Crippen LogP) is 6.10. The summed E-state index contributed by atoms with van der Waals surface area (Å²) >= 11 is 0. The zero-order valence-electron chi connectivity index (χ0n) is 16.5. The molecular formula is C23H36O3. The molecular weight excluding hydrogens is 324 g/mol. The van der Waals surface area contributed by atoms with Crippen molar-refractivity contribution in [3.05, 3.63) is 35.4 Å². The smallest absolute Gasteiger partial charge is 0.162 e. The normalized spacial score (nSPS) is 17.3. The van der Waals surface area contributed by atoms with Crippen molar-refractivity contribution in [1.82, 2.24) is 0 Å². The predicted molar refractivity (Wildman–Crippen MR) is 107 cm³/mol. The summed E-state index contributed by atoms with van der Waals surface area (Å²) < 4.78 is 11.4. The molecule has 1 unspecified atom stereocenters. The lowest BCUT2D eigenvalue weighted by Gasteiger charge is -2.22. The molecule has 1 aliphatic rings. The summed E-state index contributed by atoms with van der Waals surface area (Å²) in [6.07, 6.45) is 13.3. The first-order valence-corrected chi connectivity index (χ1v) is 10.6. The summed E-state index contributed by atoms with van der Waals surface area (Å²) in [5.41, 5.74) is 2.10. The van der Waals surface area contributed by atoms with Crippen LogP contribution in [0.2, 0.25) is 0 Å². The first-order chi connectivity index (χ1) is 12.8. The molecule has 3 heteroatoms. The Balaban J connectivity index is 1.63. The molecule has 0 saturated carbocycles. The van der Waals surface area contributed by atoms with Gasteiger partial charge in [0.2, 0.25) is 0 Å². The van der Waals surface area contributed by atoms with E-state index in [-0.39, 0.29) is 12.1 Å². The van der Waals surface area contributed by atoms with Gasteiger partial charge in [-0.25, -0.2) is 0 Å². The minimum Gasteiger partial charge on any atom is -0.353 e. The van der Waals surface area contributed by atoms with Crippen molar-refractivity contribution >= 4 is 5.78 Å². The van der Waals surface area contributed by atoms with Crippen LogP contribution >= 0.6 is 0 Å². The second kappa shape index (κ2) is 13.1. The molecule has 0 bridgehead atoms. The molecule has 3 nitrogen and oxygen atoms in total. The lowest BCUT2D eigenvalue weighted by Crippen LogP contribution is -2.22. The number of rotatable bonds is 13. The number of Topliss-reactive ketones (excluding diaryl/α,β-unsaturated/α-hetero) is 1. The molecule has 0 radical (unpaired) electrons. The van der Waals surface area contributed by atoms with Gasteiger partial charge in [-0.3, -0.25) is 4.79 Å². The van der Waals surface area contributed by atoms with Crippen molar-refractivity contribution in [2.24, 2.45) is 0 Å². The Morgan fingerprint density at radius 3 is 2.77 bits per heavy atom. The van der Waals surface area contributed by atoms with Gasteiger partial charge in [-0.1, -0.05) is 57.2 Å². The van der Waals surface area contributed by atoms with E-state index in [9.17, 15) is 4.79 Å². The van der Waals surface area contributed by atoms with Gasteiger partial charge in [0, 0.05) is 18.6 Å². The number of hydrogen-bond donors (Lipinski definition) is 0. The molecule has 26 heavy (non-hydrogen) atoms. The number of hydrogen-bond acceptors (Lipinski definition) is 3. The number of carbonyl (C=O) groups excluding carboxylic acids is 1. The average Bonchev–Trinajstić information content (AvgIpc) is 2.69. The third-order valence-corrected chi connectivity index (χ3v) is 5.06. The maximum atomic E-state index is 12.4. The first-order valence-electron chi connectivity index (χ1n) is 10.6. The minimum atomic E-state index is -0.00557. The number of ether oxygens (including phenoxy) is 2. The van der Waals surface area contributed by atoms with Crippen molar-refractivity contribution in [3.63, 3.8) is 0 Å². The fourth-order valence-electron chi connectivity index (χ4n) is 3.44. The van der Waals surface area contributed by atoms with Crippen molar-refractivity contribution < 1.29 is 14.3 Å². The van der Waals surface area contributed by atoms with Gasteiger partial charge in [0.1, 0.15) is 0 Å². The van der Waals surface area contributed by atoms with E-state index in [4.69, 9.17) is 9.47 Å². The van der Waals surface area contributed by atoms with Gasteiger partial charge in [0.25, 0.3) is 0 Å². The fraction of sp³-hybridized carbons (Fsp3) is 0.696. The summed E-state index contributed by atoms with van der Waals surface area (Å²) in [5.74, 6) is 0.286. The van der Waals surface area contributed by atoms with Gasteiger partial charge >= 0.3 is 0 Å². The van der Waals surface area contributed by atoms with Crippen molar-refractivity contribution in [2.75, 3.05) is 13.2 Å². The van der Waals surface area contributed by atoms with Crippen LogP contribution in [0.5, 0.6) is 0 Å². The maximum Gasteiger partial charge on any atom is 0.162 e. The summed E-state index contributed by atoms with van der Waals surface area (Å²) in [6.45, 7) is 3.78. The van der Waals surface area contributed by atoms with Crippen LogP contribution in [0.25, 0.3) is 0 Å². The zero-order valence-corrected chi connectivity index (χ0v) is 16.5. The minimum absolute atomic E-state index is 0.00557. The molecule has 0 N–H and O–H groups in total. The van der Waals surface area contributed by atoms with Gasteiger partial charge < -0.3 is 9.47 Å². The van der Waals surface area contributed by atoms with Crippen LogP contribution in [0.3, 0.4) is 0 Å². The van der Waals surface area contributed by atoms with Crippen LogP contribution < -0.4 is 0 Å². The molecule has 0 aliphatic carbocycles. The number of aryl methyl sites for hydroxylation is 1. The maximum absolute atomic E-state index is 12.4. The highest BCUT2D eigenvalue weighted by molar-refractivity contribution is 5.96. The third-order valence-electron chi connectivity index (χ3n) is 5.06. The van der Waals surface area contributed by atoms with Crippen molar-refractivity contribution in [2.45, 2.75) is 90.3 Å². The molecule has 1 atom stereocenters. The largest absolute Gasteiger partial charge is 0.353 e. The van der Waals surface area contributed by atoms with Gasteiger partial charge in [-0.15, -0.1) is 0 Å². The quantitative estimate of drug-likeness (QED) is 0.315. The molecule has 2 rings (SSSR count). The molecule has 1 aromatic carbocycles. The monoisotopic (exact) mass is 360 g/mol. The first kappa shape index (κ1) is 21.1. The average molecular weight is 361 g/mol. The molecule has 1 saturated heterocycles. The molecule has 1 heterocycles. The van der Waals surface area contributed by atoms with Crippen LogP contribution in [0.4, 0.5) is 0 Å². The molecule has 0 amide bonds. The Morgan fingerprint density at radius 2 is 1.96 bits per heavy atom. The molecule has 1 aromatic rings. The highest BCUT2D eigenvalue weighted by Crippen LogP contribution is 2.16. The highest BCUT2D eigenvalue weighted by atomic mass is 16.7. The van der Waals surface area contributed by atoms with E-state index in [1.54, 1.807) is 0 Å². The van der Waals surface area contributed by atoms with E-state index in [0.717, 1.165) is 50.9 Å². The lowest BCUT2D eigenvalue weighted by molar-refractivity contribution is -0.162. The lowest BCUT2D eigenvalue weighted by atomic mass is 10.0. The Labute approximate surface area is 159 Å². The number of ketones is 1. The van der Waals surface area contributed by atoms with E-state index >= 15 is 0 Å². The van der Waals surface area contributed by atoms with Gasteiger partial charge in [0.05, 0.1) is 6.61 Å². The van der Waals surface area contributed by atoms with E-state index in [1.165, 1.54) is 44.1 Å². The summed E-state index contributed by atoms with van der Waals surface area (Å²) in [7, 11) is 0. The van der Waals surface area contributed by atoms with Crippen LogP contribution in [0, 0.1) is 0 Å². The Hall–Kier alpha value is -1.19. The van der Waals surface area contributed by atoms with Gasteiger partial charge in [0.15, 0.2) is 12.1 Å². The van der Waals surface area contributed by atoms with E-state index in [2.05, 4.69) is 19.1 Å². The molecule has 0 spiro atoms.